The lowest BCUT2D eigenvalue weighted by Crippen LogP contribution is -2.38. The Morgan fingerprint density at radius 1 is 1.32 bits per heavy atom. The van der Waals surface area contributed by atoms with Crippen LogP contribution in [-0.4, -0.2) is 35.4 Å². The molecule has 1 aromatic heterocycles. The third-order valence-electron chi connectivity index (χ3n) is 4.59. The molecule has 25 heavy (non-hydrogen) atoms. The summed E-state index contributed by atoms with van der Waals surface area (Å²) in [7, 11) is 0. The second-order valence-electron chi connectivity index (χ2n) is 6.54. The summed E-state index contributed by atoms with van der Waals surface area (Å²) < 4.78 is 15.4. The molecule has 2 aromatic rings. The summed E-state index contributed by atoms with van der Waals surface area (Å²) in [6.45, 7) is 5.27. The molecule has 0 saturated heterocycles. The largest absolute Gasteiger partial charge is 0.357 e. The van der Waals surface area contributed by atoms with E-state index < -0.39 is 0 Å². The first-order chi connectivity index (χ1) is 12.2. The average molecular weight is 343 g/mol. The molecule has 1 aromatic carbocycles. The van der Waals surface area contributed by atoms with Gasteiger partial charge in [0.25, 0.3) is 0 Å². The number of rotatable bonds is 8. The minimum Gasteiger partial charge on any atom is -0.357 e. The Morgan fingerprint density at radius 2 is 2.20 bits per heavy atom. The van der Waals surface area contributed by atoms with Gasteiger partial charge >= 0.3 is 0 Å². The number of benzene rings is 1. The average Bonchev–Trinajstić information content (AvgIpc) is 3.23. The van der Waals surface area contributed by atoms with E-state index in [4.69, 9.17) is 4.99 Å². The van der Waals surface area contributed by atoms with Gasteiger partial charge in [0.1, 0.15) is 5.82 Å². The molecule has 0 bridgehead atoms. The highest BCUT2D eigenvalue weighted by atomic mass is 19.1. The Kier molecular flexibility index (Phi) is 5.68. The zero-order valence-corrected chi connectivity index (χ0v) is 14.7. The van der Waals surface area contributed by atoms with E-state index in [9.17, 15) is 4.39 Å². The highest BCUT2D eigenvalue weighted by molar-refractivity contribution is 5.79. The molecule has 3 rings (SSSR count). The number of nitrogens with zero attached hydrogens (tertiary/aromatic N) is 3. The summed E-state index contributed by atoms with van der Waals surface area (Å²) in [6, 6.07) is 8.87. The smallest absolute Gasteiger partial charge is 0.191 e. The normalized spacial score (nSPS) is 15.8. The number of aliphatic imine (C=N–C) groups is 1. The van der Waals surface area contributed by atoms with Gasteiger partial charge in [-0.25, -0.2) is 4.39 Å². The van der Waals surface area contributed by atoms with Gasteiger partial charge in [0, 0.05) is 37.4 Å². The van der Waals surface area contributed by atoms with Crippen LogP contribution >= 0.6 is 0 Å². The Morgan fingerprint density at radius 3 is 2.88 bits per heavy atom. The van der Waals surface area contributed by atoms with Gasteiger partial charge in [-0.3, -0.25) is 9.67 Å². The standard InChI is InChI=1S/C19H26FN5/c1-2-21-18(22-10-4-12-25-13-5-11-24-25)23-15-19(8-9-19)16-6-3-7-17(20)14-16/h3,5-7,11,13-14H,2,4,8-10,12,15H2,1H3,(H2,21,22,23). The molecule has 1 aliphatic rings. The van der Waals surface area contributed by atoms with Gasteiger partial charge in [-0.05, 0) is 49.9 Å². The minimum atomic E-state index is -0.170. The Bertz CT molecular complexity index is 692. The van der Waals surface area contributed by atoms with Gasteiger partial charge in [-0.15, -0.1) is 0 Å². The van der Waals surface area contributed by atoms with E-state index in [1.54, 1.807) is 18.3 Å². The van der Waals surface area contributed by atoms with E-state index in [1.165, 1.54) is 6.07 Å². The number of hydrogen-bond acceptors (Lipinski definition) is 2. The topological polar surface area (TPSA) is 54.2 Å². The molecule has 134 valence electrons. The van der Waals surface area contributed by atoms with Crippen LogP contribution in [0, 0.1) is 5.82 Å². The summed E-state index contributed by atoms with van der Waals surface area (Å²) in [5, 5.41) is 10.9. The summed E-state index contributed by atoms with van der Waals surface area (Å²) in [5.41, 5.74) is 1.07. The van der Waals surface area contributed by atoms with Crippen LogP contribution < -0.4 is 10.6 Å². The van der Waals surface area contributed by atoms with Crippen LogP contribution in [0.2, 0.25) is 0 Å². The first kappa shape index (κ1) is 17.5. The van der Waals surface area contributed by atoms with Crippen molar-refractivity contribution < 1.29 is 4.39 Å². The molecule has 0 unspecified atom stereocenters. The number of guanidine groups is 1. The number of aryl methyl sites for hydroxylation is 1. The first-order valence-electron chi connectivity index (χ1n) is 8.97. The van der Waals surface area contributed by atoms with Crippen molar-refractivity contribution in [3.63, 3.8) is 0 Å². The molecular formula is C19H26FN5. The molecule has 5 nitrogen and oxygen atoms in total. The quantitative estimate of drug-likeness (QED) is 0.440. The predicted octanol–water partition coefficient (Wildman–Crippen LogP) is 2.70. The van der Waals surface area contributed by atoms with Crippen molar-refractivity contribution in [2.24, 2.45) is 4.99 Å². The van der Waals surface area contributed by atoms with Crippen molar-refractivity contribution in [1.29, 1.82) is 0 Å². The third-order valence-corrected chi connectivity index (χ3v) is 4.59. The fourth-order valence-corrected chi connectivity index (χ4v) is 2.96. The number of aromatic nitrogens is 2. The highest BCUT2D eigenvalue weighted by Crippen LogP contribution is 2.48. The molecule has 0 amide bonds. The van der Waals surface area contributed by atoms with Crippen LogP contribution in [0.5, 0.6) is 0 Å². The lowest BCUT2D eigenvalue weighted by molar-refractivity contribution is 0.569. The first-order valence-corrected chi connectivity index (χ1v) is 8.97. The molecule has 2 N–H and O–H groups in total. The van der Waals surface area contributed by atoms with Crippen molar-refractivity contribution >= 4 is 5.96 Å². The van der Waals surface area contributed by atoms with Crippen LogP contribution in [0.25, 0.3) is 0 Å². The molecule has 0 radical (unpaired) electrons. The monoisotopic (exact) mass is 343 g/mol. The summed E-state index contributed by atoms with van der Waals surface area (Å²) in [6.07, 6.45) is 6.87. The van der Waals surface area contributed by atoms with Crippen molar-refractivity contribution in [2.75, 3.05) is 19.6 Å². The maximum absolute atomic E-state index is 13.5. The van der Waals surface area contributed by atoms with Gasteiger partial charge in [-0.2, -0.15) is 5.10 Å². The molecule has 1 saturated carbocycles. The van der Waals surface area contributed by atoms with Crippen LogP contribution in [0.15, 0.2) is 47.7 Å². The van der Waals surface area contributed by atoms with E-state index >= 15 is 0 Å². The minimum absolute atomic E-state index is 0.0134. The van der Waals surface area contributed by atoms with Crippen molar-refractivity contribution in [3.8, 4) is 0 Å². The van der Waals surface area contributed by atoms with E-state index in [0.29, 0.717) is 6.54 Å². The van der Waals surface area contributed by atoms with Crippen molar-refractivity contribution in [3.05, 3.63) is 54.1 Å². The lowest BCUT2D eigenvalue weighted by atomic mass is 9.96. The maximum atomic E-state index is 13.5. The van der Waals surface area contributed by atoms with Crippen LogP contribution in [0.4, 0.5) is 4.39 Å². The van der Waals surface area contributed by atoms with Gasteiger partial charge in [0.2, 0.25) is 0 Å². The zero-order chi connectivity index (χ0) is 17.5. The molecule has 1 heterocycles. The van der Waals surface area contributed by atoms with E-state index in [0.717, 1.165) is 50.4 Å². The Hall–Kier alpha value is -2.37. The van der Waals surface area contributed by atoms with E-state index in [-0.39, 0.29) is 11.2 Å². The number of halogens is 1. The summed E-state index contributed by atoms with van der Waals surface area (Å²) in [4.78, 5) is 4.74. The molecular weight excluding hydrogens is 317 g/mol. The lowest BCUT2D eigenvalue weighted by Gasteiger charge is -2.16. The Labute approximate surface area is 148 Å². The summed E-state index contributed by atoms with van der Waals surface area (Å²) in [5.74, 6) is 0.655. The molecule has 0 atom stereocenters. The van der Waals surface area contributed by atoms with Crippen LogP contribution in [-0.2, 0) is 12.0 Å². The van der Waals surface area contributed by atoms with Crippen molar-refractivity contribution in [1.82, 2.24) is 20.4 Å². The zero-order valence-electron chi connectivity index (χ0n) is 14.7. The predicted molar refractivity (Wildman–Crippen MR) is 98.1 cm³/mol. The molecule has 1 aliphatic carbocycles. The number of nitrogens with one attached hydrogen (secondary N) is 2. The fourth-order valence-electron chi connectivity index (χ4n) is 2.96. The molecule has 0 spiro atoms. The number of hydrogen-bond donors (Lipinski definition) is 2. The maximum Gasteiger partial charge on any atom is 0.191 e. The van der Waals surface area contributed by atoms with Crippen molar-refractivity contribution in [2.45, 2.75) is 38.1 Å². The van der Waals surface area contributed by atoms with E-state index in [1.807, 2.05) is 23.0 Å². The second-order valence-corrected chi connectivity index (χ2v) is 6.54. The van der Waals surface area contributed by atoms with E-state index in [2.05, 4.69) is 22.7 Å². The van der Waals surface area contributed by atoms with Gasteiger partial charge < -0.3 is 10.6 Å². The molecule has 6 heteroatoms. The van der Waals surface area contributed by atoms with Gasteiger partial charge in [0.05, 0.1) is 6.54 Å². The molecule has 0 aliphatic heterocycles. The highest BCUT2D eigenvalue weighted by Gasteiger charge is 2.44. The second kappa shape index (κ2) is 8.14. The summed E-state index contributed by atoms with van der Waals surface area (Å²) >= 11 is 0. The van der Waals surface area contributed by atoms with Gasteiger partial charge in [0.15, 0.2) is 5.96 Å². The Balaban J connectivity index is 1.53. The SMILES string of the molecule is CCNC(=NCC1(c2cccc(F)c2)CC1)NCCCn1cccn1. The van der Waals surface area contributed by atoms with Gasteiger partial charge in [-0.1, -0.05) is 12.1 Å². The third kappa shape index (κ3) is 4.81. The van der Waals surface area contributed by atoms with Crippen LogP contribution in [0.3, 0.4) is 0 Å². The van der Waals surface area contributed by atoms with Crippen LogP contribution in [0.1, 0.15) is 31.7 Å². The molecule has 1 fully saturated rings. The fraction of sp³-hybridized carbons (Fsp3) is 0.474.